The summed E-state index contributed by atoms with van der Waals surface area (Å²) in [5.41, 5.74) is 2.92. The molecule has 4 rings (SSSR count). The summed E-state index contributed by atoms with van der Waals surface area (Å²) in [6.07, 6.45) is 0.637. The van der Waals surface area contributed by atoms with E-state index >= 15 is 0 Å². The van der Waals surface area contributed by atoms with Crippen LogP contribution in [0.1, 0.15) is 27.9 Å². The predicted molar refractivity (Wildman–Crippen MR) is 123 cm³/mol. The van der Waals surface area contributed by atoms with Crippen molar-refractivity contribution in [3.63, 3.8) is 0 Å². The molecule has 2 aliphatic heterocycles. The Labute approximate surface area is 188 Å². The molecule has 1 atom stereocenters. The quantitative estimate of drug-likeness (QED) is 0.685. The Hall–Kier alpha value is -1.87. The largest absolute Gasteiger partial charge is 0.379 e. The van der Waals surface area contributed by atoms with Gasteiger partial charge in [-0.15, -0.1) is 11.8 Å². The van der Waals surface area contributed by atoms with Gasteiger partial charge in [0.05, 0.1) is 30.3 Å². The van der Waals surface area contributed by atoms with E-state index in [4.69, 9.17) is 4.74 Å². The van der Waals surface area contributed by atoms with E-state index in [0.29, 0.717) is 18.5 Å². The summed E-state index contributed by atoms with van der Waals surface area (Å²) in [6, 6.07) is 15.6. The molecule has 1 unspecified atom stereocenters. The maximum atomic E-state index is 13.0. The maximum Gasteiger partial charge on any atom is 0.252 e. The third-order valence-electron chi connectivity index (χ3n) is 5.67. The van der Waals surface area contributed by atoms with Gasteiger partial charge in [-0.2, -0.15) is 0 Å². The van der Waals surface area contributed by atoms with Crippen LogP contribution in [-0.2, 0) is 27.7 Å². The molecule has 1 N–H and O–H groups in total. The van der Waals surface area contributed by atoms with Crippen molar-refractivity contribution in [1.82, 2.24) is 10.2 Å². The third-order valence-corrected chi connectivity index (χ3v) is 9.00. The number of rotatable bonds is 7. The lowest BCUT2D eigenvalue weighted by atomic mass is 10.1. The Morgan fingerprint density at radius 3 is 2.52 bits per heavy atom. The Bertz CT molecular complexity index is 1020. The van der Waals surface area contributed by atoms with Crippen LogP contribution in [0, 0.1) is 0 Å². The van der Waals surface area contributed by atoms with Gasteiger partial charge < -0.3 is 10.1 Å². The molecular weight excluding hydrogens is 432 g/mol. The first-order valence-electron chi connectivity index (χ1n) is 10.6. The smallest absolute Gasteiger partial charge is 0.252 e. The lowest BCUT2D eigenvalue weighted by Crippen LogP contribution is -2.36. The molecule has 0 radical (unpaired) electrons. The standard InChI is InChI=1S/C23H28N2O4S2/c26-23(21-7-3-4-8-22(21)30-20-9-14-31(27,28)17-20)24-15-18-5-1-2-6-19(18)16-25-10-12-29-13-11-25/h1-8,20H,9-17H2,(H,24,26). The van der Waals surface area contributed by atoms with Crippen LogP contribution < -0.4 is 5.32 Å². The van der Waals surface area contributed by atoms with Gasteiger partial charge in [0.1, 0.15) is 0 Å². The zero-order valence-corrected chi connectivity index (χ0v) is 19.1. The Balaban J connectivity index is 1.41. The summed E-state index contributed by atoms with van der Waals surface area (Å²) >= 11 is 1.50. The van der Waals surface area contributed by atoms with Gasteiger partial charge in [0, 0.05) is 36.3 Å². The van der Waals surface area contributed by atoms with E-state index < -0.39 is 9.84 Å². The van der Waals surface area contributed by atoms with Crippen molar-refractivity contribution in [3.05, 3.63) is 65.2 Å². The minimum Gasteiger partial charge on any atom is -0.379 e. The lowest BCUT2D eigenvalue weighted by molar-refractivity contribution is 0.0340. The first kappa shape index (κ1) is 22.3. The molecule has 2 heterocycles. The van der Waals surface area contributed by atoms with Crippen molar-refractivity contribution in [2.24, 2.45) is 0 Å². The fraction of sp³-hybridized carbons (Fsp3) is 0.435. The van der Waals surface area contributed by atoms with Gasteiger partial charge in [-0.25, -0.2) is 8.42 Å². The van der Waals surface area contributed by atoms with E-state index in [0.717, 1.165) is 43.3 Å². The van der Waals surface area contributed by atoms with E-state index in [2.05, 4.69) is 22.3 Å². The molecular formula is C23H28N2O4S2. The third kappa shape index (κ3) is 6.10. The van der Waals surface area contributed by atoms with Gasteiger partial charge in [-0.1, -0.05) is 36.4 Å². The molecule has 0 bridgehead atoms. The molecule has 1 amide bonds. The van der Waals surface area contributed by atoms with Crippen LogP contribution in [0.25, 0.3) is 0 Å². The highest BCUT2D eigenvalue weighted by molar-refractivity contribution is 8.02. The zero-order valence-electron chi connectivity index (χ0n) is 17.5. The number of carbonyl (C=O) groups is 1. The summed E-state index contributed by atoms with van der Waals surface area (Å²) in [5, 5.41) is 3.07. The Kier molecular flexibility index (Phi) is 7.32. The van der Waals surface area contributed by atoms with E-state index in [1.165, 1.54) is 17.3 Å². The van der Waals surface area contributed by atoms with Gasteiger partial charge >= 0.3 is 0 Å². The number of morpholine rings is 1. The molecule has 0 saturated carbocycles. The van der Waals surface area contributed by atoms with Crippen molar-refractivity contribution in [2.75, 3.05) is 37.8 Å². The number of benzene rings is 2. The summed E-state index contributed by atoms with van der Waals surface area (Å²) in [5.74, 6) is 0.284. The molecule has 31 heavy (non-hydrogen) atoms. The number of thioether (sulfide) groups is 1. The number of nitrogens with zero attached hydrogens (tertiary/aromatic N) is 1. The number of hydrogen-bond acceptors (Lipinski definition) is 6. The van der Waals surface area contributed by atoms with Crippen molar-refractivity contribution < 1.29 is 17.9 Å². The number of sulfone groups is 1. The summed E-state index contributed by atoms with van der Waals surface area (Å²) in [6.45, 7) is 4.66. The van der Waals surface area contributed by atoms with Crippen molar-refractivity contribution in [3.8, 4) is 0 Å². The SMILES string of the molecule is O=C(NCc1ccccc1CN1CCOCC1)c1ccccc1SC1CCS(=O)(=O)C1. The number of nitrogens with one attached hydrogen (secondary N) is 1. The molecule has 2 aliphatic rings. The number of carbonyl (C=O) groups excluding carboxylic acids is 1. The first-order valence-corrected chi connectivity index (χ1v) is 13.3. The van der Waals surface area contributed by atoms with Gasteiger partial charge in [-0.3, -0.25) is 9.69 Å². The highest BCUT2D eigenvalue weighted by Crippen LogP contribution is 2.33. The van der Waals surface area contributed by atoms with Crippen LogP contribution in [-0.4, -0.2) is 62.3 Å². The number of ether oxygens (including phenoxy) is 1. The predicted octanol–water partition coefficient (Wildman–Crippen LogP) is 2.73. The molecule has 6 nitrogen and oxygen atoms in total. The maximum absolute atomic E-state index is 13.0. The molecule has 166 valence electrons. The molecule has 2 aromatic rings. The second-order valence-electron chi connectivity index (χ2n) is 7.98. The van der Waals surface area contributed by atoms with E-state index in [-0.39, 0.29) is 22.7 Å². The Morgan fingerprint density at radius 1 is 1.06 bits per heavy atom. The average molecular weight is 461 g/mol. The van der Waals surface area contributed by atoms with Gasteiger partial charge in [0.2, 0.25) is 0 Å². The molecule has 8 heteroatoms. The van der Waals surface area contributed by atoms with Crippen LogP contribution in [0.3, 0.4) is 0 Å². The van der Waals surface area contributed by atoms with Crippen LogP contribution in [0.15, 0.2) is 53.4 Å². The van der Waals surface area contributed by atoms with E-state index in [1.54, 1.807) is 6.07 Å². The second-order valence-corrected chi connectivity index (χ2v) is 11.5. The molecule has 0 aliphatic carbocycles. The highest BCUT2D eigenvalue weighted by atomic mass is 32.2. The monoisotopic (exact) mass is 460 g/mol. The van der Waals surface area contributed by atoms with Crippen molar-refractivity contribution >= 4 is 27.5 Å². The lowest BCUT2D eigenvalue weighted by Gasteiger charge is -2.27. The summed E-state index contributed by atoms with van der Waals surface area (Å²) in [4.78, 5) is 16.2. The van der Waals surface area contributed by atoms with Crippen LogP contribution >= 0.6 is 11.8 Å². The summed E-state index contributed by atoms with van der Waals surface area (Å²) < 4.78 is 29.0. The minimum absolute atomic E-state index is 0.00759. The van der Waals surface area contributed by atoms with E-state index in [9.17, 15) is 13.2 Å². The molecule has 0 spiro atoms. The normalized spacial score (nSPS) is 21.1. The minimum atomic E-state index is -2.95. The van der Waals surface area contributed by atoms with Crippen LogP contribution in [0.2, 0.25) is 0 Å². The number of amides is 1. The van der Waals surface area contributed by atoms with Crippen molar-refractivity contribution in [2.45, 2.75) is 29.7 Å². The zero-order chi connectivity index (χ0) is 21.7. The number of hydrogen-bond donors (Lipinski definition) is 1. The average Bonchev–Trinajstić information content (AvgIpc) is 3.12. The molecule has 2 fully saturated rings. The van der Waals surface area contributed by atoms with E-state index in [1.807, 2.05) is 30.3 Å². The molecule has 2 aromatic carbocycles. The van der Waals surface area contributed by atoms with Crippen molar-refractivity contribution in [1.29, 1.82) is 0 Å². The van der Waals surface area contributed by atoms with Crippen LogP contribution in [0.5, 0.6) is 0 Å². The fourth-order valence-corrected chi connectivity index (χ4v) is 7.57. The van der Waals surface area contributed by atoms with Gasteiger partial charge in [0.15, 0.2) is 9.84 Å². The van der Waals surface area contributed by atoms with Gasteiger partial charge in [-0.05, 0) is 29.7 Å². The topological polar surface area (TPSA) is 75.7 Å². The first-order chi connectivity index (χ1) is 15.0. The van der Waals surface area contributed by atoms with Crippen LogP contribution in [0.4, 0.5) is 0 Å². The highest BCUT2D eigenvalue weighted by Gasteiger charge is 2.29. The fourth-order valence-electron chi connectivity index (χ4n) is 3.95. The second kappa shape index (κ2) is 10.2. The van der Waals surface area contributed by atoms with Gasteiger partial charge in [0.25, 0.3) is 5.91 Å². The Morgan fingerprint density at radius 2 is 1.77 bits per heavy atom. The molecule has 0 aromatic heterocycles. The summed E-state index contributed by atoms with van der Waals surface area (Å²) in [7, 11) is -2.95. The molecule has 2 saturated heterocycles.